The quantitative estimate of drug-likeness (QED) is 0.0576. The molecule has 0 bridgehead atoms. The van der Waals surface area contributed by atoms with Crippen molar-refractivity contribution in [2.24, 2.45) is 45.3 Å². The molecule has 4 saturated carbocycles. The van der Waals surface area contributed by atoms with Crippen molar-refractivity contribution >= 4 is 0 Å². The van der Waals surface area contributed by atoms with Gasteiger partial charge in [0.05, 0.1) is 44.2 Å². The number of aliphatic hydroxyl groups excluding tert-OH is 14. The second-order valence-corrected chi connectivity index (χ2v) is 25.7. The van der Waals surface area contributed by atoms with Gasteiger partial charge in [-0.05, 0) is 118 Å². The molecule has 4 saturated heterocycles. The molecule has 77 heavy (non-hydrogen) atoms. The van der Waals surface area contributed by atoms with Crippen LogP contribution in [0.1, 0.15) is 113 Å². The van der Waals surface area contributed by atoms with Crippen LogP contribution in [0.5, 0.6) is 0 Å². The van der Waals surface area contributed by atoms with Gasteiger partial charge in [0.15, 0.2) is 25.2 Å². The zero-order valence-corrected chi connectivity index (χ0v) is 45.8. The number of allylic oxidation sites excluding steroid dienone is 2. The van der Waals surface area contributed by atoms with Gasteiger partial charge in [0, 0.05) is 5.41 Å². The minimum absolute atomic E-state index is 0.0237. The first kappa shape index (κ1) is 61.9. The van der Waals surface area contributed by atoms with E-state index >= 15 is 0 Å². The van der Waals surface area contributed by atoms with E-state index in [1.54, 1.807) is 0 Å². The second kappa shape index (κ2) is 23.5. The predicted octanol–water partition coefficient (Wildman–Crippen LogP) is -2.20. The second-order valence-electron chi connectivity index (χ2n) is 25.7. The Morgan fingerprint density at radius 2 is 1.04 bits per heavy atom. The predicted molar refractivity (Wildman–Crippen MR) is 266 cm³/mol. The average molecular weight is 1110 g/mol. The van der Waals surface area contributed by atoms with E-state index in [9.17, 15) is 76.6 Å². The van der Waals surface area contributed by atoms with Crippen LogP contribution in [0.3, 0.4) is 0 Å². The molecule has 4 heterocycles. The first-order valence-electron chi connectivity index (χ1n) is 27.9. The Balaban J connectivity index is 1.08. The third-order valence-corrected chi connectivity index (χ3v) is 20.9. The largest absolute Gasteiger partial charge is 0.394 e. The van der Waals surface area contributed by atoms with E-state index < -0.39 is 189 Å². The maximum atomic E-state index is 12.7. The molecule has 0 aromatic heterocycles. The van der Waals surface area contributed by atoms with Gasteiger partial charge in [0.1, 0.15) is 97.7 Å². The topological polar surface area (TPSA) is 377 Å². The lowest BCUT2D eigenvalue weighted by molar-refractivity contribution is -0.378. The Morgan fingerprint density at radius 3 is 1.61 bits per heavy atom. The first-order chi connectivity index (χ1) is 36.0. The van der Waals surface area contributed by atoms with E-state index in [0.717, 1.165) is 24.8 Å². The molecule has 0 aromatic rings. The number of ether oxygens (including phenoxy) is 8. The van der Waals surface area contributed by atoms with Crippen LogP contribution < -0.4 is 0 Å². The van der Waals surface area contributed by atoms with Gasteiger partial charge < -0.3 is 114 Å². The molecule has 0 radical (unpaired) electrons. The molecule has 30 atom stereocenters. The highest BCUT2D eigenvalue weighted by Gasteiger charge is 2.73. The van der Waals surface area contributed by atoms with Crippen LogP contribution in [-0.4, -0.2) is 244 Å². The van der Waals surface area contributed by atoms with E-state index in [4.69, 9.17) is 37.9 Å². The van der Waals surface area contributed by atoms with Crippen LogP contribution in [0, 0.1) is 45.3 Å². The molecule has 30 unspecified atom stereocenters. The van der Waals surface area contributed by atoms with Gasteiger partial charge >= 0.3 is 0 Å². The van der Waals surface area contributed by atoms with Gasteiger partial charge in [-0.1, -0.05) is 46.3 Å². The maximum Gasteiger partial charge on any atom is 0.187 e. The Bertz CT molecular complexity index is 1990. The van der Waals surface area contributed by atoms with Crippen LogP contribution in [0.15, 0.2) is 11.6 Å². The van der Waals surface area contributed by atoms with Crippen LogP contribution >= 0.6 is 0 Å². The summed E-state index contributed by atoms with van der Waals surface area (Å²) in [6.45, 7) is 14.2. The number of hydrogen-bond donors (Lipinski definition) is 15. The highest BCUT2D eigenvalue weighted by Crippen LogP contribution is 2.76. The van der Waals surface area contributed by atoms with E-state index in [1.807, 2.05) is 20.8 Å². The van der Waals surface area contributed by atoms with E-state index in [2.05, 4.69) is 40.7 Å². The molecule has 4 aliphatic carbocycles. The summed E-state index contributed by atoms with van der Waals surface area (Å²) in [6.07, 6.45) is -25.7. The summed E-state index contributed by atoms with van der Waals surface area (Å²) < 4.78 is 49.3. The Morgan fingerprint density at radius 1 is 0.545 bits per heavy atom. The smallest absolute Gasteiger partial charge is 0.187 e. The fraction of sp³-hybridized carbons (Fsp3) is 0.963. The fourth-order valence-corrected chi connectivity index (χ4v) is 16.2. The number of rotatable bonds is 16. The van der Waals surface area contributed by atoms with Crippen LogP contribution in [0.2, 0.25) is 0 Å². The number of hydrogen-bond acceptors (Lipinski definition) is 23. The number of fused-ring (bicyclic) bond motifs is 5. The molecule has 8 rings (SSSR count). The Labute approximate surface area is 450 Å². The zero-order chi connectivity index (χ0) is 56.6. The van der Waals surface area contributed by atoms with Crippen molar-refractivity contribution in [3.63, 3.8) is 0 Å². The first-order valence-corrected chi connectivity index (χ1v) is 27.9. The molecule has 0 spiro atoms. The molecule has 23 heteroatoms. The fourth-order valence-electron chi connectivity index (χ4n) is 16.2. The molecule has 446 valence electrons. The van der Waals surface area contributed by atoms with Crippen molar-refractivity contribution in [1.82, 2.24) is 0 Å². The lowest BCUT2D eigenvalue weighted by Gasteiger charge is -2.69. The highest BCUT2D eigenvalue weighted by atomic mass is 16.8. The third kappa shape index (κ3) is 10.9. The summed E-state index contributed by atoms with van der Waals surface area (Å²) in [5.74, 6) is -0.216. The van der Waals surface area contributed by atoms with Crippen molar-refractivity contribution in [1.29, 1.82) is 0 Å². The summed E-state index contributed by atoms with van der Waals surface area (Å²) in [5.41, 5.74) is -2.27. The molecule has 8 fully saturated rings. The molecule has 4 aliphatic heterocycles. The minimum Gasteiger partial charge on any atom is -0.394 e. The molecular weight excluding hydrogens is 1020 g/mol. The number of aliphatic hydroxyl groups is 15. The zero-order valence-electron chi connectivity index (χ0n) is 45.8. The maximum absolute atomic E-state index is 12.7. The van der Waals surface area contributed by atoms with Crippen molar-refractivity contribution in [3.05, 3.63) is 11.6 Å². The van der Waals surface area contributed by atoms with Gasteiger partial charge in [0.25, 0.3) is 0 Å². The monoisotopic (exact) mass is 1110 g/mol. The van der Waals surface area contributed by atoms with E-state index in [0.29, 0.717) is 38.5 Å². The molecule has 8 aliphatic rings. The SMILES string of the molecule is CC(C)=CCCC(C)(O)C1CCC2(C)C3CCC4C(C)(C)C(OC5OC(CO)C(O)C(O)C5OC5OC(CO)C(O)C(O)C5O)CCC4(C)C3CC(OC3OC(COC4OC(CO)C(O)C(O)C4O)C(O)C(O)C3O)C12C. The van der Waals surface area contributed by atoms with Gasteiger partial charge in [-0.3, -0.25) is 0 Å². The van der Waals surface area contributed by atoms with Crippen LogP contribution in [0.25, 0.3) is 0 Å². The van der Waals surface area contributed by atoms with Gasteiger partial charge in [0.2, 0.25) is 0 Å². The third-order valence-electron chi connectivity index (χ3n) is 20.9. The average Bonchev–Trinajstić information content (AvgIpc) is 3.72. The Kier molecular flexibility index (Phi) is 18.9. The standard InChI is InChI=1S/C54H92O23/c1-23(2)10-9-15-53(7,69)31-13-17-52(6)24-11-12-30-50(3,4)32(75-49-45(41(65)36(60)28(21-57)73-49)77-48-44(68)39(63)35(59)27(20-56)72-48)14-16-51(30,5)25(24)18-33(54(31,52)8)76-47-43(67)40(64)37(61)29(74-47)22-70-46-42(66)38(62)34(58)26(19-55)71-46/h10,24-49,55-69H,9,11-22H2,1-8H3. The van der Waals surface area contributed by atoms with Crippen molar-refractivity contribution in [2.45, 2.75) is 254 Å². The van der Waals surface area contributed by atoms with Crippen molar-refractivity contribution in [3.8, 4) is 0 Å². The normalized spacial score (nSPS) is 52.7. The van der Waals surface area contributed by atoms with Crippen molar-refractivity contribution in [2.75, 3.05) is 26.4 Å². The lowest BCUT2D eigenvalue weighted by atomic mass is 9.37. The van der Waals surface area contributed by atoms with Gasteiger partial charge in [-0.15, -0.1) is 0 Å². The molecule has 15 N–H and O–H groups in total. The summed E-state index contributed by atoms with van der Waals surface area (Å²) in [7, 11) is 0. The molecule has 23 nitrogen and oxygen atoms in total. The minimum atomic E-state index is -1.84. The van der Waals surface area contributed by atoms with Gasteiger partial charge in [-0.25, -0.2) is 0 Å². The molecule has 0 aromatic carbocycles. The van der Waals surface area contributed by atoms with Crippen LogP contribution in [0.4, 0.5) is 0 Å². The summed E-state index contributed by atoms with van der Waals surface area (Å²) in [5, 5.41) is 163. The summed E-state index contributed by atoms with van der Waals surface area (Å²) in [4.78, 5) is 0. The Hall–Kier alpha value is -1.18. The van der Waals surface area contributed by atoms with Gasteiger partial charge in [-0.2, -0.15) is 0 Å². The summed E-state index contributed by atoms with van der Waals surface area (Å²) in [6, 6.07) is 0. The summed E-state index contributed by atoms with van der Waals surface area (Å²) >= 11 is 0. The lowest BCUT2D eigenvalue weighted by Crippen LogP contribution is -2.68. The van der Waals surface area contributed by atoms with E-state index in [1.165, 1.54) is 0 Å². The van der Waals surface area contributed by atoms with Crippen LogP contribution in [-0.2, 0) is 37.9 Å². The molecular formula is C54H92O23. The van der Waals surface area contributed by atoms with Crippen molar-refractivity contribution < 1.29 is 114 Å². The van der Waals surface area contributed by atoms with E-state index in [-0.39, 0.29) is 23.7 Å². The molecule has 0 amide bonds. The highest BCUT2D eigenvalue weighted by molar-refractivity contribution is 5.21.